The van der Waals surface area contributed by atoms with Gasteiger partial charge in [-0.3, -0.25) is 9.78 Å². The number of carbonyl (C=O) groups excluding carboxylic acids is 1. The minimum Gasteiger partial charge on any atom is -0.408 e. The van der Waals surface area contributed by atoms with Crippen LogP contribution in [0.5, 0.6) is 0 Å². The zero-order valence-corrected chi connectivity index (χ0v) is 14.1. The van der Waals surface area contributed by atoms with Crippen molar-refractivity contribution in [2.24, 2.45) is 0 Å². The molecule has 3 aromatic rings. The van der Waals surface area contributed by atoms with E-state index >= 15 is 0 Å². The van der Waals surface area contributed by atoms with E-state index in [1.807, 2.05) is 38.1 Å². The molecule has 0 unspecified atom stereocenters. The number of H-pyrrole nitrogens is 1. The predicted molar refractivity (Wildman–Crippen MR) is 94.6 cm³/mol. The number of amides is 1. The molecule has 6 heteroatoms. The average molecular weight is 345 g/mol. The first-order valence-electron chi connectivity index (χ1n) is 7.52. The number of carbonyl (C=O) groups is 1. The number of rotatable bonds is 4. The average Bonchev–Trinajstić information content (AvgIpc) is 2.86. The molecule has 0 atom stereocenters. The van der Waals surface area contributed by atoms with Gasteiger partial charge in [-0.25, -0.2) is 4.79 Å². The van der Waals surface area contributed by atoms with Gasteiger partial charge in [-0.15, -0.1) is 0 Å². The molecule has 5 nitrogen and oxygen atoms in total. The van der Waals surface area contributed by atoms with E-state index in [9.17, 15) is 9.59 Å². The molecule has 1 aromatic heterocycles. The molecule has 0 spiro atoms. The summed E-state index contributed by atoms with van der Waals surface area (Å²) in [6.07, 6.45) is 0.314. The van der Waals surface area contributed by atoms with Gasteiger partial charge in [0.25, 0.3) is 0 Å². The van der Waals surface area contributed by atoms with Gasteiger partial charge in [0.2, 0.25) is 5.91 Å². The lowest BCUT2D eigenvalue weighted by atomic mass is 9.81. The molecule has 0 saturated carbocycles. The van der Waals surface area contributed by atoms with Gasteiger partial charge in [0.05, 0.1) is 5.52 Å². The quantitative estimate of drug-likeness (QED) is 0.748. The van der Waals surface area contributed by atoms with Crippen LogP contribution in [0.15, 0.2) is 51.7 Å². The van der Waals surface area contributed by atoms with E-state index in [2.05, 4.69) is 10.3 Å². The summed E-state index contributed by atoms with van der Waals surface area (Å²) in [4.78, 5) is 26.1. The molecule has 0 aliphatic carbocycles. The Labute approximate surface area is 143 Å². The Hall–Kier alpha value is -2.53. The van der Waals surface area contributed by atoms with Crippen LogP contribution in [0.3, 0.4) is 0 Å². The largest absolute Gasteiger partial charge is 0.417 e. The second-order valence-electron chi connectivity index (χ2n) is 6.34. The number of halogens is 1. The number of anilines is 1. The van der Waals surface area contributed by atoms with Crippen LogP contribution in [0.2, 0.25) is 5.02 Å². The summed E-state index contributed by atoms with van der Waals surface area (Å²) in [7, 11) is 0. The fraction of sp³-hybridized carbons (Fsp3) is 0.222. The topological polar surface area (TPSA) is 75.1 Å². The van der Waals surface area contributed by atoms with Gasteiger partial charge >= 0.3 is 5.76 Å². The van der Waals surface area contributed by atoms with Crippen molar-refractivity contribution in [1.29, 1.82) is 0 Å². The van der Waals surface area contributed by atoms with Crippen molar-refractivity contribution in [3.8, 4) is 0 Å². The normalized spacial score (nSPS) is 11.6. The highest BCUT2D eigenvalue weighted by Gasteiger charge is 2.24. The molecular formula is C18H17ClN2O3. The number of fused-ring (bicyclic) bond motifs is 1. The number of aromatic amines is 1. The molecule has 1 heterocycles. The third-order valence-electron chi connectivity index (χ3n) is 3.93. The van der Waals surface area contributed by atoms with E-state index in [0.717, 1.165) is 5.56 Å². The summed E-state index contributed by atoms with van der Waals surface area (Å²) in [6.45, 7) is 4.01. The minimum atomic E-state index is -0.516. The minimum absolute atomic E-state index is 0.111. The Bertz CT molecular complexity index is 939. The van der Waals surface area contributed by atoms with Gasteiger partial charge in [0.1, 0.15) is 0 Å². The predicted octanol–water partition coefficient (Wildman–Crippen LogP) is 4.08. The summed E-state index contributed by atoms with van der Waals surface area (Å²) in [5.74, 6) is -0.627. The highest BCUT2D eigenvalue weighted by molar-refractivity contribution is 6.30. The summed E-state index contributed by atoms with van der Waals surface area (Å²) in [5.41, 5.74) is 2.32. The first kappa shape index (κ1) is 16.3. The van der Waals surface area contributed by atoms with E-state index in [1.54, 1.807) is 18.2 Å². The van der Waals surface area contributed by atoms with E-state index < -0.39 is 5.76 Å². The number of nitrogens with one attached hydrogen (secondary N) is 2. The Kier molecular flexibility index (Phi) is 4.20. The third kappa shape index (κ3) is 3.51. The van der Waals surface area contributed by atoms with Crippen molar-refractivity contribution >= 4 is 34.3 Å². The lowest BCUT2D eigenvalue weighted by molar-refractivity contribution is -0.117. The second-order valence-corrected chi connectivity index (χ2v) is 6.78. The molecule has 24 heavy (non-hydrogen) atoms. The van der Waals surface area contributed by atoms with Crippen molar-refractivity contribution in [2.45, 2.75) is 25.7 Å². The monoisotopic (exact) mass is 344 g/mol. The molecule has 3 rings (SSSR count). The molecule has 0 saturated heterocycles. The van der Waals surface area contributed by atoms with Crippen molar-refractivity contribution in [1.82, 2.24) is 4.98 Å². The molecule has 0 bridgehead atoms. The molecule has 0 aliphatic heterocycles. The van der Waals surface area contributed by atoms with Crippen LogP contribution in [0.4, 0.5) is 5.69 Å². The van der Waals surface area contributed by atoms with E-state index in [4.69, 9.17) is 16.0 Å². The zero-order valence-electron chi connectivity index (χ0n) is 13.4. The van der Waals surface area contributed by atoms with Gasteiger partial charge in [-0.1, -0.05) is 37.6 Å². The van der Waals surface area contributed by atoms with Crippen LogP contribution in [0, 0.1) is 0 Å². The molecule has 0 fully saturated rings. The van der Waals surface area contributed by atoms with Crippen molar-refractivity contribution < 1.29 is 9.21 Å². The standard InChI is InChI=1S/C18H17ClN2O3/c1-18(2,11-3-5-12(19)6-4-11)10-16(22)20-13-7-8-15-14(9-13)21-17(23)24-15/h3-9H,10H2,1-2H3,(H,20,22)(H,21,23). The fourth-order valence-electron chi connectivity index (χ4n) is 2.64. The Morgan fingerprint density at radius 1 is 1.21 bits per heavy atom. The van der Waals surface area contributed by atoms with Gasteiger partial charge in [-0.05, 0) is 41.3 Å². The van der Waals surface area contributed by atoms with E-state index in [1.165, 1.54) is 0 Å². The maximum atomic E-state index is 12.4. The maximum Gasteiger partial charge on any atom is 0.417 e. The third-order valence-corrected chi connectivity index (χ3v) is 4.18. The first-order chi connectivity index (χ1) is 11.3. The number of benzene rings is 2. The van der Waals surface area contributed by atoms with E-state index in [-0.39, 0.29) is 11.3 Å². The zero-order chi connectivity index (χ0) is 17.3. The molecule has 2 N–H and O–H groups in total. The smallest absolute Gasteiger partial charge is 0.408 e. The fourth-order valence-corrected chi connectivity index (χ4v) is 2.77. The Morgan fingerprint density at radius 3 is 2.62 bits per heavy atom. The highest BCUT2D eigenvalue weighted by Crippen LogP contribution is 2.28. The summed E-state index contributed by atoms with van der Waals surface area (Å²) >= 11 is 5.91. The van der Waals surface area contributed by atoms with Gasteiger partial charge < -0.3 is 9.73 Å². The Balaban J connectivity index is 1.73. The molecule has 1 amide bonds. The van der Waals surface area contributed by atoms with Crippen molar-refractivity contribution in [3.63, 3.8) is 0 Å². The van der Waals surface area contributed by atoms with Crippen LogP contribution in [0.25, 0.3) is 11.1 Å². The van der Waals surface area contributed by atoms with Crippen molar-refractivity contribution in [2.75, 3.05) is 5.32 Å². The lowest BCUT2D eigenvalue weighted by Gasteiger charge is -2.24. The molecule has 2 aromatic carbocycles. The summed E-state index contributed by atoms with van der Waals surface area (Å²) in [5, 5.41) is 3.52. The van der Waals surface area contributed by atoms with Crippen LogP contribution in [0.1, 0.15) is 25.8 Å². The second kappa shape index (κ2) is 6.17. The number of hydrogen-bond acceptors (Lipinski definition) is 3. The molecule has 0 radical (unpaired) electrons. The van der Waals surface area contributed by atoms with Crippen LogP contribution >= 0.6 is 11.6 Å². The maximum absolute atomic E-state index is 12.4. The molecule has 0 aliphatic rings. The highest BCUT2D eigenvalue weighted by atomic mass is 35.5. The van der Waals surface area contributed by atoms with Crippen molar-refractivity contribution in [3.05, 3.63) is 63.6 Å². The number of aromatic nitrogens is 1. The van der Waals surface area contributed by atoms with Crippen LogP contribution in [-0.2, 0) is 10.2 Å². The first-order valence-corrected chi connectivity index (χ1v) is 7.90. The van der Waals surface area contributed by atoms with Gasteiger partial charge in [0, 0.05) is 17.1 Å². The molecule has 124 valence electrons. The number of oxazole rings is 1. The lowest BCUT2D eigenvalue weighted by Crippen LogP contribution is -2.25. The SMILES string of the molecule is CC(C)(CC(=O)Nc1ccc2oc(=O)[nH]c2c1)c1ccc(Cl)cc1. The van der Waals surface area contributed by atoms with Crippen LogP contribution in [-0.4, -0.2) is 10.9 Å². The number of hydrogen-bond donors (Lipinski definition) is 2. The van der Waals surface area contributed by atoms with Crippen LogP contribution < -0.4 is 11.1 Å². The Morgan fingerprint density at radius 2 is 1.92 bits per heavy atom. The summed E-state index contributed by atoms with van der Waals surface area (Å²) < 4.78 is 4.94. The van der Waals surface area contributed by atoms with Gasteiger partial charge in [-0.2, -0.15) is 0 Å². The summed E-state index contributed by atoms with van der Waals surface area (Å²) in [6, 6.07) is 12.5. The van der Waals surface area contributed by atoms with Gasteiger partial charge in [0.15, 0.2) is 5.58 Å². The van der Waals surface area contributed by atoms with E-state index in [0.29, 0.717) is 28.2 Å². The molecular weight excluding hydrogens is 328 g/mol.